The molecule has 2 rings (SSSR count). The normalized spacial score (nSPS) is 20.0. The van der Waals surface area contributed by atoms with E-state index in [-0.39, 0.29) is 0 Å². The molecule has 0 unspecified atom stereocenters. The number of aromatic nitrogens is 1. The van der Waals surface area contributed by atoms with Crippen LogP contribution in [0.15, 0.2) is 10.6 Å². The third-order valence-electron chi connectivity index (χ3n) is 2.34. The van der Waals surface area contributed by atoms with Gasteiger partial charge in [0.15, 0.2) is 0 Å². The average Bonchev–Trinajstić information content (AvgIpc) is 2.71. The molecule has 0 aliphatic heterocycles. The summed E-state index contributed by atoms with van der Waals surface area (Å²) in [6.45, 7) is 1.71. The first-order chi connectivity index (χ1) is 5.65. The predicted molar refractivity (Wildman–Crippen MR) is 38.2 cm³/mol. The topological polar surface area (TPSA) is 26.0 Å². The molecule has 12 heavy (non-hydrogen) atoms. The van der Waals surface area contributed by atoms with Crippen molar-refractivity contribution < 1.29 is 13.3 Å². The number of hydrogen-bond donors (Lipinski definition) is 0. The van der Waals surface area contributed by atoms with E-state index in [1.165, 1.54) is 0 Å². The molecule has 0 amide bonds. The Kier molecular flexibility index (Phi) is 1.46. The Balaban J connectivity index is 2.30. The van der Waals surface area contributed by atoms with E-state index in [0.29, 0.717) is 24.3 Å². The van der Waals surface area contributed by atoms with Crippen LogP contribution in [-0.2, 0) is 5.41 Å². The summed E-state index contributed by atoms with van der Waals surface area (Å²) in [4.78, 5) is 0. The summed E-state index contributed by atoms with van der Waals surface area (Å²) in [5, 5.41) is 3.62. The van der Waals surface area contributed by atoms with Gasteiger partial charge in [-0.3, -0.25) is 0 Å². The molecule has 1 heterocycles. The molecule has 0 aromatic carbocycles. The van der Waals surface area contributed by atoms with Crippen molar-refractivity contribution in [2.24, 2.45) is 0 Å². The van der Waals surface area contributed by atoms with Crippen molar-refractivity contribution >= 4 is 0 Å². The molecule has 0 N–H and O–H groups in total. The Bertz CT molecular complexity index is 291. The van der Waals surface area contributed by atoms with Crippen LogP contribution in [0.4, 0.5) is 8.78 Å². The molecule has 0 radical (unpaired) electrons. The Morgan fingerprint density at radius 3 is 2.58 bits per heavy atom. The van der Waals surface area contributed by atoms with E-state index in [9.17, 15) is 8.78 Å². The molecule has 66 valence electrons. The van der Waals surface area contributed by atoms with E-state index in [0.717, 1.165) is 0 Å². The molecule has 0 atom stereocenters. The largest absolute Gasteiger partial charge is 0.361 e. The minimum absolute atomic E-state index is 0.412. The first-order valence-corrected chi connectivity index (χ1v) is 3.87. The fraction of sp³-hybridized carbons (Fsp3) is 0.625. The standard InChI is InChI=1S/C8H9F2NO/c1-5-4-6(11-12-5)8(2-3-8)7(9)10/h4,7H,2-3H2,1H3. The van der Waals surface area contributed by atoms with Crippen LogP contribution in [0.2, 0.25) is 0 Å². The van der Waals surface area contributed by atoms with Gasteiger partial charge in [-0.2, -0.15) is 0 Å². The van der Waals surface area contributed by atoms with Crippen molar-refractivity contribution in [3.8, 4) is 0 Å². The van der Waals surface area contributed by atoms with Crippen molar-refractivity contribution in [1.29, 1.82) is 0 Å². The smallest absolute Gasteiger partial charge is 0.249 e. The molecule has 1 aromatic heterocycles. The molecule has 1 aromatic rings. The quantitative estimate of drug-likeness (QED) is 0.685. The molecular weight excluding hydrogens is 164 g/mol. The summed E-state index contributed by atoms with van der Waals surface area (Å²) in [5.74, 6) is 0.594. The van der Waals surface area contributed by atoms with Gasteiger partial charge in [0.25, 0.3) is 0 Å². The number of alkyl halides is 2. The van der Waals surface area contributed by atoms with Crippen molar-refractivity contribution in [2.75, 3.05) is 0 Å². The molecule has 4 heteroatoms. The number of nitrogens with zero attached hydrogens (tertiary/aromatic N) is 1. The van der Waals surface area contributed by atoms with Crippen LogP contribution in [0.3, 0.4) is 0 Å². The third-order valence-corrected chi connectivity index (χ3v) is 2.34. The van der Waals surface area contributed by atoms with Crippen LogP contribution in [0.5, 0.6) is 0 Å². The van der Waals surface area contributed by atoms with Crippen molar-refractivity contribution in [3.05, 3.63) is 17.5 Å². The second-order valence-electron chi connectivity index (χ2n) is 3.28. The van der Waals surface area contributed by atoms with E-state index >= 15 is 0 Å². The summed E-state index contributed by atoms with van der Waals surface area (Å²) in [7, 11) is 0. The van der Waals surface area contributed by atoms with Gasteiger partial charge in [-0.1, -0.05) is 5.16 Å². The lowest BCUT2D eigenvalue weighted by Gasteiger charge is -2.08. The number of halogens is 2. The highest BCUT2D eigenvalue weighted by Crippen LogP contribution is 2.52. The minimum atomic E-state index is -2.32. The van der Waals surface area contributed by atoms with Gasteiger partial charge in [0.1, 0.15) is 5.76 Å². The highest BCUT2D eigenvalue weighted by molar-refractivity contribution is 5.25. The zero-order chi connectivity index (χ0) is 8.77. The summed E-state index contributed by atoms with van der Waals surface area (Å²) >= 11 is 0. The van der Waals surface area contributed by atoms with Gasteiger partial charge in [-0.25, -0.2) is 8.78 Å². The molecule has 1 saturated carbocycles. The first-order valence-electron chi connectivity index (χ1n) is 3.87. The van der Waals surface area contributed by atoms with Crippen LogP contribution in [0, 0.1) is 6.92 Å². The van der Waals surface area contributed by atoms with Gasteiger partial charge in [-0.15, -0.1) is 0 Å². The van der Waals surface area contributed by atoms with Crippen LogP contribution >= 0.6 is 0 Å². The summed E-state index contributed by atoms with van der Waals surface area (Å²) in [5.41, 5.74) is -0.562. The van der Waals surface area contributed by atoms with Crippen LogP contribution in [0.25, 0.3) is 0 Å². The molecule has 0 spiro atoms. The summed E-state index contributed by atoms with van der Waals surface area (Å²) in [6.07, 6.45) is -1.27. The van der Waals surface area contributed by atoms with Gasteiger partial charge in [0, 0.05) is 6.07 Å². The van der Waals surface area contributed by atoms with Gasteiger partial charge < -0.3 is 4.52 Å². The van der Waals surface area contributed by atoms with Gasteiger partial charge >= 0.3 is 0 Å². The van der Waals surface area contributed by atoms with Gasteiger partial charge in [0.2, 0.25) is 6.43 Å². The monoisotopic (exact) mass is 173 g/mol. The molecule has 1 fully saturated rings. The van der Waals surface area contributed by atoms with Gasteiger partial charge in [-0.05, 0) is 19.8 Å². The van der Waals surface area contributed by atoms with Crippen LogP contribution < -0.4 is 0 Å². The predicted octanol–water partition coefficient (Wildman–Crippen LogP) is 2.28. The maximum atomic E-state index is 12.5. The van der Waals surface area contributed by atoms with E-state index in [1.807, 2.05) is 0 Å². The van der Waals surface area contributed by atoms with E-state index in [1.54, 1.807) is 13.0 Å². The fourth-order valence-corrected chi connectivity index (χ4v) is 1.32. The molecule has 1 aliphatic rings. The highest BCUT2D eigenvalue weighted by atomic mass is 19.3. The summed E-state index contributed by atoms with van der Waals surface area (Å²) in [6, 6.07) is 1.60. The number of hydrogen-bond acceptors (Lipinski definition) is 2. The lowest BCUT2D eigenvalue weighted by atomic mass is 10.0. The van der Waals surface area contributed by atoms with E-state index in [4.69, 9.17) is 4.52 Å². The second kappa shape index (κ2) is 2.28. The maximum Gasteiger partial charge on any atom is 0.249 e. The third kappa shape index (κ3) is 0.940. The van der Waals surface area contributed by atoms with Crippen LogP contribution in [0.1, 0.15) is 24.3 Å². The Morgan fingerprint density at radius 1 is 1.58 bits per heavy atom. The minimum Gasteiger partial charge on any atom is -0.361 e. The molecule has 1 aliphatic carbocycles. The fourth-order valence-electron chi connectivity index (χ4n) is 1.32. The lowest BCUT2D eigenvalue weighted by Crippen LogP contribution is -2.17. The zero-order valence-electron chi connectivity index (χ0n) is 6.68. The SMILES string of the molecule is Cc1cc(C2(C(F)F)CC2)no1. The molecule has 0 saturated heterocycles. The zero-order valence-corrected chi connectivity index (χ0v) is 6.68. The summed E-state index contributed by atoms with van der Waals surface area (Å²) < 4.78 is 29.7. The lowest BCUT2D eigenvalue weighted by molar-refractivity contribution is 0.0980. The Hall–Kier alpha value is -0.930. The number of aryl methyl sites for hydroxylation is 1. The van der Waals surface area contributed by atoms with Crippen molar-refractivity contribution in [1.82, 2.24) is 5.16 Å². The molecule has 2 nitrogen and oxygen atoms in total. The van der Waals surface area contributed by atoms with Crippen molar-refractivity contribution in [3.63, 3.8) is 0 Å². The van der Waals surface area contributed by atoms with E-state index < -0.39 is 11.8 Å². The second-order valence-corrected chi connectivity index (χ2v) is 3.28. The molecule has 0 bridgehead atoms. The maximum absolute atomic E-state index is 12.5. The highest BCUT2D eigenvalue weighted by Gasteiger charge is 2.54. The van der Waals surface area contributed by atoms with Crippen LogP contribution in [-0.4, -0.2) is 11.6 Å². The Morgan fingerprint density at radius 2 is 2.25 bits per heavy atom. The first kappa shape index (κ1) is 7.71. The van der Waals surface area contributed by atoms with E-state index in [2.05, 4.69) is 5.16 Å². The molecular formula is C8H9F2NO. The van der Waals surface area contributed by atoms with Gasteiger partial charge in [0.05, 0.1) is 11.1 Å². The number of rotatable bonds is 2. The average molecular weight is 173 g/mol. The Labute approximate surface area is 68.5 Å². The van der Waals surface area contributed by atoms with Crippen molar-refractivity contribution in [2.45, 2.75) is 31.6 Å².